The highest BCUT2D eigenvalue weighted by molar-refractivity contribution is 6.42. The smallest absolute Gasteiger partial charge is 0.266 e. The average Bonchev–Trinajstić information content (AvgIpc) is 2.66. The second kappa shape index (κ2) is 8.24. The van der Waals surface area contributed by atoms with E-state index in [1.807, 2.05) is 0 Å². The molecule has 27 heavy (non-hydrogen) atoms. The van der Waals surface area contributed by atoms with Crippen molar-refractivity contribution in [3.8, 4) is 17.0 Å². The van der Waals surface area contributed by atoms with Gasteiger partial charge in [0.25, 0.3) is 11.5 Å². The van der Waals surface area contributed by atoms with E-state index in [9.17, 15) is 9.59 Å². The Balaban J connectivity index is 1.62. The van der Waals surface area contributed by atoms with Crippen molar-refractivity contribution in [2.45, 2.75) is 0 Å². The third-order valence-corrected chi connectivity index (χ3v) is 4.50. The van der Waals surface area contributed by atoms with Crippen LogP contribution in [0.1, 0.15) is 0 Å². The van der Waals surface area contributed by atoms with Gasteiger partial charge in [0.05, 0.1) is 10.7 Å². The Morgan fingerprint density at radius 3 is 2.56 bits per heavy atom. The summed E-state index contributed by atoms with van der Waals surface area (Å²) in [5.41, 5.74) is 1.91. The number of aryl methyl sites for hydroxylation is 1. The molecule has 138 valence electrons. The molecule has 6 nitrogen and oxygen atoms in total. The predicted octanol–water partition coefficient (Wildman–Crippen LogP) is 3.77. The zero-order valence-corrected chi connectivity index (χ0v) is 15.8. The second-order valence-electron chi connectivity index (χ2n) is 5.65. The summed E-state index contributed by atoms with van der Waals surface area (Å²) in [7, 11) is 1.59. The van der Waals surface area contributed by atoms with Crippen molar-refractivity contribution in [3.63, 3.8) is 0 Å². The first-order chi connectivity index (χ1) is 12.9. The van der Waals surface area contributed by atoms with E-state index in [1.165, 1.54) is 10.7 Å². The maximum atomic E-state index is 12.1. The van der Waals surface area contributed by atoms with Crippen LogP contribution in [0.5, 0.6) is 5.75 Å². The van der Waals surface area contributed by atoms with Gasteiger partial charge < -0.3 is 10.1 Å². The van der Waals surface area contributed by atoms with Crippen LogP contribution in [0.3, 0.4) is 0 Å². The van der Waals surface area contributed by atoms with Gasteiger partial charge in [-0.2, -0.15) is 5.10 Å². The number of anilines is 1. The van der Waals surface area contributed by atoms with E-state index in [1.54, 1.807) is 55.6 Å². The minimum atomic E-state index is -0.334. The number of ether oxygens (including phenoxy) is 1. The Labute approximate surface area is 165 Å². The van der Waals surface area contributed by atoms with E-state index in [4.69, 9.17) is 27.9 Å². The first kappa shape index (κ1) is 18.9. The number of hydrogen-bond acceptors (Lipinski definition) is 4. The van der Waals surface area contributed by atoms with Crippen molar-refractivity contribution in [1.29, 1.82) is 0 Å². The zero-order valence-electron chi connectivity index (χ0n) is 14.3. The van der Waals surface area contributed by atoms with Crippen molar-refractivity contribution in [2.75, 3.05) is 11.9 Å². The summed E-state index contributed by atoms with van der Waals surface area (Å²) in [6, 6.07) is 15.2. The molecule has 2 aromatic carbocycles. The van der Waals surface area contributed by atoms with E-state index in [-0.39, 0.29) is 23.1 Å². The van der Waals surface area contributed by atoms with Gasteiger partial charge in [0.2, 0.25) is 0 Å². The van der Waals surface area contributed by atoms with Crippen molar-refractivity contribution >= 4 is 34.8 Å². The van der Waals surface area contributed by atoms with Crippen LogP contribution in [0.2, 0.25) is 10.0 Å². The highest BCUT2D eigenvalue weighted by atomic mass is 35.5. The monoisotopic (exact) mass is 403 g/mol. The van der Waals surface area contributed by atoms with Gasteiger partial charge in [-0.3, -0.25) is 9.59 Å². The first-order valence-electron chi connectivity index (χ1n) is 7.95. The Morgan fingerprint density at radius 1 is 1.11 bits per heavy atom. The Morgan fingerprint density at radius 2 is 1.85 bits per heavy atom. The molecule has 0 fully saturated rings. The van der Waals surface area contributed by atoms with Gasteiger partial charge in [-0.25, -0.2) is 4.68 Å². The lowest BCUT2D eigenvalue weighted by atomic mass is 10.1. The third-order valence-electron chi connectivity index (χ3n) is 3.70. The molecule has 0 unspecified atom stereocenters. The highest BCUT2D eigenvalue weighted by Crippen LogP contribution is 2.31. The number of halogens is 2. The molecule has 0 bridgehead atoms. The summed E-state index contributed by atoms with van der Waals surface area (Å²) in [5, 5.41) is 7.54. The lowest BCUT2D eigenvalue weighted by Gasteiger charge is -2.10. The standard InChI is InChI=1S/C19H15Cl2N3O3/c1-24-18(26)10-9-15(23-24)12-5-7-13(8-6-12)22-17(25)11-27-16-4-2-3-14(20)19(16)21/h2-10H,11H2,1H3,(H,22,25). The van der Waals surface area contributed by atoms with Crippen LogP contribution in [0.25, 0.3) is 11.3 Å². The topological polar surface area (TPSA) is 73.2 Å². The molecular weight excluding hydrogens is 389 g/mol. The Kier molecular flexibility index (Phi) is 5.78. The molecular formula is C19H15Cl2N3O3. The Hall–Kier alpha value is -2.83. The molecule has 1 amide bonds. The van der Waals surface area contributed by atoms with Gasteiger partial charge in [-0.1, -0.05) is 41.4 Å². The summed E-state index contributed by atoms with van der Waals surface area (Å²) in [6.45, 7) is -0.204. The lowest BCUT2D eigenvalue weighted by molar-refractivity contribution is -0.118. The van der Waals surface area contributed by atoms with Crippen molar-refractivity contribution in [2.24, 2.45) is 7.05 Å². The molecule has 3 aromatic rings. The molecule has 1 N–H and O–H groups in total. The predicted molar refractivity (Wildman–Crippen MR) is 106 cm³/mol. The van der Waals surface area contributed by atoms with Gasteiger partial charge >= 0.3 is 0 Å². The minimum Gasteiger partial charge on any atom is -0.482 e. The summed E-state index contributed by atoms with van der Waals surface area (Å²) in [6.07, 6.45) is 0. The van der Waals surface area contributed by atoms with Gasteiger partial charge in [-0.05, 0) is 30.3 Å². The number of carbonyl (C=O) groups excluding carboxylic acids is 1. The second-order valence-corrected chi connectivity index (χ2v) is 6.43. The number of aromatic nitrogens is 2. The molecule has 0 saturated heterocycles. The van der Waals surface area contributed by atoms with Crippen LogP contribution in [0.4, 0.5) is 5.69 Å². The van der Waals surface area contributed by atoms with Crippen LogP contribution in [-0.2, 0) is 11.8 Å². The van der Waals surface area contributed by atoms with Crippen LogP contribution >= 0.6 is 23.2 Å². The number of amides is 1. The molecule has 0 aliphatic carbocycles. The molecule has 0 aliphatic rings. The fourth-order valence-electron chi connectivity index (χ4n) is 2.32. The molecule has 1 heterocycles. The molecule has 0 saturated carbocycles. The molecule has 0 atom stereocenters. The van der Waals surface area contributed by atoms with Crippen LogP contribution < -0.4 is 15.6 Å². The fraction of sp³-hybridized carbons (Fsp3) is 0.105. The molecule has 3 rings (SSSR count). The van der Waals surface area contributed by atoms with E-state index >= 15 is 0 Å². The fourth-order valence-corrected chi connectivity index (χ4v) is 2.66. The largest absolute Gasteiger partial charge is 0.482 e. The summed E-state index contributed by atoms with van der Waals surface area (Å²) >= 11 is 11.9. The normalized spacial score (nSPS) is 10.5. The first-order valence-corrected chi connectivity index (χ1v) is 8.71. The number of nitrogens with one attached hydrogen (secondary N) is 1. The van der Waals surface area contributed by atoms with E-state index in [0.717, 1.165) is 5.56 Å². The third kappa shape index (κ3) is 4.67. The van der Waals surface area contributed by atoms with Crippen molar-refractivity contribution in [1.82, 2.24) is 9.78 Å². The highest BCUT2D eigenvalue weighted by Gasteiger charge is 2.09. The number of hydrogen-bond donors (Lipinski definition) is 1. The number of carbonyl (C=O) groups is 1. The number of benzene rings is 2. The molecule has 0 aliphatic heterocycles. The zero-order chi connectivity index (χ0) is 19.4. The minimum absolute atomic E-state index is 0.178. The molecule has 1 aromatic heterocycles. The van der Waals surface area contributed by atoms with Crippen LogP contribution in [0, 0.1) is 0 Å². The number of rotatable bonds is 5. The lowest BCUT2D eigenvalue weighted by Crippen LogP contribution is -2.20. The SMILES string of the molecule is Cn1nc(-c2ccc(NC(=O)COc3cccc(Cl)c3Cl)cc2)ccc1=O. The molecule has 0 radical (unpaired) electrons. The maximum Gasteiger partial charge on any atom is 0.266 e. The molecule has 8 heteroatoms. The van der Waals surface area contributed by atoms with Gasteiger partial charge in [0, 0.05) is 24.4 Å². The van der Waals surface area contributed by atoms with Crippen molar-refractivity contribution in [3.05, 3.63) is 75.0 Å². The van der Waals surface area contributed by atoms with Crippen LogP contribution in [-0.4, -0.2) is 22.3 Å². The van der Waals surface area contributed by atoms with Gasteiger partial charge in [0.15, 0.2) is 6.61 Å². The van der Waals surface area contributed by atoms with E-state index < -0.39 is 0 Å². The summed E-state index contributed by atoms with van der Waals surface area (Å²) < 4.78 is 6.67. The van der Waals surface area contributed by atoms with Gasteiger partial charge in [-0.15, -0.1) is 0 Å². The van der Waals surface area contributed by atoms with Gasteiger partial charge in [0.1, 0.15) is 10.8 Å². The van der Waals surface area contributed by atoms with Crippen LogP contribution in [0.15, 0.2) is 59.4 Å². The maximum absolute atomic E-state index is 12.1. The molecule has 0 spiro atoms. The average molecular weight is 404 g/mol. The summed E-state index contributed by atoms with van der Waals surface area (Å²) in [4.78, 5) is 23.5. The van der Waals surface area contributed by atoms with E-state index in [0.29, 0.717) is 22.2 Å². The quantitative estimate of drug-likeness (QED) is 0.703. The number of nitrogens with zero attached hydrogens (tertiary/aromatic N) is 2. The Bertz CT molecular complexity index is 1030. The van der Waals surface area contributed by atoms with E-state index in [2.05, 4.69) is 10.4 Å². The van der Waals surface area contributed by atoms with Crippen molar-refractivity contribution < 1.29 is 9.53 Å². The summed E-state index contributed by atoms with van der Waals surface area (Å²) in [5.74, 6) is 0.00875.